The van der Waals surface area contributed by atoms with Gasteiger partial charge in [-0.05, 0) is 17.9 Å². The summed E-state index contributed by atoms with van der Waals surface area (Å²) in [6, 6.07) is 0. The first-order valence-electron chi connectivity index (χ1n) is 5.84. The third-order valence-electron chi connectivity index (χ3n) is 2.26. The maximum Gasteiger partial charge on any atom is 0.342 e. The van der Waals surface area contributed by atoms with Crippen molar-refractivity contribution in [1.29, 1.82) is 0 Å². The van der Waals surface area contributed by atoms with Crippen LogP contribution in [0, 0.1) is 0 Å². The first-order chi connectivity index (χ1) is 8.63. The van der Waals surface area contributed by atoms with E-state index in [1.165, 1.54) is 0 Å². The van der Waals surface area contributed by atoms with Gasteiger partial charge in [-0.15, -0.1) is 0 Å². The van der Waals surface area contributed by atoms with E-state index in [-0.39, 0.29) is 5.03 Å². The number of hydrogen-bond acceptors (Lipinski definition) is 5. The molecule has 7 heteroatoms. The summed E-state index contributed by atoms with van der Waals surface area (Å²) >= 11 is 1.06. The SMILES string of the molecule is CCCCCC(O)/C=C/Sc1n[nH]c(=O)[nH]c1=O. The maximum atomic E-state index is 11.3. The van der Waals surface area contributed by atoms with Crippen LogP contribution in [-0.4, -0.2) is 26.4 Å². The lowest BCUT2D eigenvalue weighted by atomic mass is 10.1. The van der Waals surface area contributed by atoms with Crippen LogP contribution in [-0.2, 0) is 0 Å². The molecule has 0 bridgehead atoms. The molecule has 1 aromatic heterocycles. The number of hydrogen-bond donors (Lipinski definition) is 3. The molecule has 3 N–H and O–H groups in total. The van der Waals surface area contributed by atoms with E-state index >= 15 is 0 Å². The van der Waals surface area contributed by atoms with Crippen LogP contribution < -0.4 is 11.2 Å². The third kappa shape index (κ3) is 5.33. The zero-order valence-electron chi connectivity index (χ0n) is 10.2. The van der Waals surface area contributed by atoms with E-state index in [4.69, 9.17) is 0 Å². The Hall–Kier alpha value is -1.34. The predicted octanol–water partition coefficient (Wildman–Crippen LogP) is 1.01. The molecule has 18 heavy (non-hydrogen) atoms. The smallest absolute Gasteiger partial charge is 0.342 e. The van der Waals surface area contributed by atoms with Gasteiger partial charge >= 0.3 is 5.69 Å². The van der Waals surface area contributed by atoms with E-state index < -0.39 is 17.4 Å². The molecule has 1 heterocycles. The topological polar surface area (TPSA) is 98.8 Å². The second-order valence-corrected chi connectivity index (χ2v) is 4.72. The van der Waals surface area contributed by atoms with Crippen molar-refractivity contribution >= 4 is 11.8 Å². The lowest BCUT2D eigenvalue weighted by Crippen LogP contribution is -2.24. The highest BCUT2D eigenvalue weighted by molar-refractivity contribution is 8.02. The van der Waals surface area contributed by atoms with Crippen molar-refractivity contribution in [2.24, 2.45) is 0 Å². The number of nitrogens with zero attached hydrogens (tertiary/aromatic N) is 1. The van der Waals surface area contributed by atoms with Gasteiger partial charge in [0.2, 0.25) is 0 Å². The Labute approximate surface area is 109 Å². The molecule has 0 radical (unpaired) electrons. The molecule has 0 aromatic carbocycles. The average molecular weight is 271 g/mol. The van der Waals surface area contributed by atoms with E-state index in [0.717, 1.165) is 31.0 Å². The first kappa shape index (κ1) is 14.7. The zero-order valence-corrected chi connectivity index (χ0v) is 11.0. The minimum atomic E-state index is -0.632. The number of aromatic nitrogens is 3. The van der Waals surface area contributed by atoms with Crippen molar-refractivity contribution in [3.05, 3.63) is 32.3 Å². The standard InChI is InChI=1S/C11H17N3O3S/c1-2-3-4-5-8(15)6-7-18-10-9(16)12-11(17)14-13-10/h6-8,15H,2-5H2,1H3,(H2,12,14,16,17)/b7-6+. The monoisotopic (exact) mass is 271 g/mol. The molecule has 0 saturated carbocycles. The van der Waals surface area contributed by atoms with Crippen molar-refractivity contribution in [3.8, 4) is 0 Å². The van der Waals surface area contributed by atoms with Gasteiger partial charge in [-0.25, -0.2) is 9.89 Å². The van der Waals surface area contributed by atoms with Crippen LogP contribution in [0.4, 0.5) is 0 Å². The molecule has 0 saturated heterocycles. The zero-order chi connectivity index (χ0) is 13.4. The number of H-pyrrole nitrogens is 2. The summed E-state index contributed by atoms with van der Waals surface area (Å²) in [4.78, 5) is 24.1. The summed E-state index contributed by atoms with van der Waals surface area (Å²) in [7, 11) is 0. The van der Waals surface area contributed by atoms with Crippen LogP contribution in [0.2, 0.25) is 0 Å². The molecule has 1 unspecified atom stereocenters. The fourth-order valence-electron chi connectivity index (χ4n) is 1.31. The van der Waals surface area contributed by atoms with E-state index in [2.05, 4.69) is 22.1 Å². The molecule has 100 valence electrons. The van der Waals surface area contributed by atoms with Crippen molar-refractivity contribution in [2.75, 3.05) is 0 Å². The summed E-state index contributed by atoms with van der Waals surface area (Å²) in [6.45, 7) is 2.10. The first-order valence-corrected chi connectivity index (χ1v) is 6.72. The fourth-order valence-corrected chi connectivity index (χ4v) is 1.96. The Morgan fingerprint density at radius 2 is 2.22 bits per heavy atom. The molecule has 0 aliphatic rings. The number of unbranched alkanes of at least 4 members (excludes halogenated alkanes) is 2. The summed E-state index contributed by atoms with van der Waals surface area (Å²) in [5, 5.41) is 17.1. The molecule has 1 aromatic rings. The molecular weight excluding hydrogens is 254 g/mol. The molecule has 6 nitrogen and oxygen atoms in total. The highest BCUT2D eigenvalue weighted by atomic mass is 32.2. The van der Waals surface area contributed by atoms with Crippen LogP contribution in [0.3, 0.4) is 0 Å². The Morgan fingerprint density at radius 1 is 1.44 bits per heavy atom. The summed E-state index contributed by atoms with van der Waals surface area (Å²) in [6.07, 6.45) is 5.00. The molecule has 0 spiro atoms. The Morgan fingerprint density at radius 3 is 2.89 bits per heavy atom. The van der Waals surface area contributed by atoms with E-state index in [1.54, 1.807) is 11.5 Å². The molecule has 1 atom stereocenters. The molecule has 0 amide bonds. The number of aliphatic hydroxyl groups excluding tert-OH is 1. The van der Waals surface area contributed by atoms with E-state index in [0.29, 0.717) is 6.42 Å². The van der Waals surface area contributed by atoms with Crippen molar-refractivity contribution in [2.45, 2.75) is 43.7 Å². The largest absolute Gasteiger partial charge is 0.389 e. The van der Waals surface area contributed by atoms with Gasteiger partial charge in [0.15, 0.2) is 5.03 Å². The number of aliphatic hydroxyl groups is 1. The van der Waals surface area contributed by atoms with Crippen molar-refractivity contribution in [3.63, 3.8) is 0 Å². The maximum absolute atomic E-state index is 11.3. The number of nitrogens with one attached hydrogen (secondary N) is 2. The second kappa shape index (κ2) is 7.88. The molecular formula is C11H17N3O3S. The quantitative estimate of drug-likeness (QED) is 0.507. The second-order valence-electron chi connectivity index (χ2n) is 3.82. The van der Waals surface area contributed by atoms with Gasteiger partial charge in [-0.2, -0.15) is 5.10 Å². The average Bonchev–Trinajstić information content (AvgIpc) is 2.32. The minimum absolute atomic E-state index is 0.145. The highest BCUT2D eigenvalue weighted by Crippen LogP contribution is 2.12. The highest BCUT2D eigenvalue weighted by Gasteiger charge is 2.02. The van der Waals surface area contributed by atoms with E-state index in [1.807, 2.05) is 0 Å². The predicted molar refractivity (Wildman–Crippen MR) is 70.6 cm³/mol. The van der Waals surface area contributed by atoms with Crippen LogP contribution in [0.5, 0.6) is 0 Å². The lowest BCUT2D eigenvalue weighted by Gasteiger charge is -2.03. The summed E-state index contributed by atoms with van der Waals surface area (Å²) < 4.78 is 0. The van der Waals surface area contributed by atoms with Crippen molar-refractivity contribution in [1.82, 2.24) is 15.2 Å². The Bertz CT molecular complexity index is 495. The third-order valence-corrected chi connectivity index (χ3v) is 3.06. The van der Waals surface area contributed by atoms with Gasteiger partial charge in [-0.3, -0.25) is 9.78 Å². The fraction of sp³-hybridized carbons (Fsp3) is 0.545. The van der Waals surface area contributed by atoms with Crippen LogP contribution in [0.25, 0.3) is 0 Å². The van der Waals surface area contributed by atoms with Crippen LogP contribution in [0.1, 0.15) is 32.6 Å². The Kier molecular flexibility index (Phi) is 6.45. The number of rotatable bonds is 7. The number of aromatic amines is 2. The van der Waals surface area contributed by atoms with Gasteiger partial charge in [0.25, 0.3) is 5.56 Å². The van der Waals surface area contributed by atoms with Crippen LogP contribution in [0.15, 0.2) is 26.1 Å². The molecule has 1 rings (SSSR count). The Balaban J connectivity index is 2.44. The van der Waals surface area contributed by atoms with Gasteiger partial charge in [-0.1, -0.05) is 37.9 Å². The van der Waals surface area contributed by atoms with Crippen molar-refractivity contribution < 1.29 is 5.11 Å². The summed E-state index contributed by atoms with van der Waals surface area (Å²) in [5.41, 5.74) is -1.16. The number of thioether (sulfide) groups is 1. The molecule has 0 aliphatic carbocycles. The van der Waals surface area contributed by atoms with Gasteiger partial charge in [0.1, 0.15) is 0 Å². The van der Waals surface area contributed by atoms with E-state index in [9.17, 15) is 14.7 Å². The van der Waals surface area contributed by atoms with Crippen LogP contribution >= 0.6 is 11.8 Å². The van der Waals surface area contributed by atoms with Gasteiger partial charge < -0.3 is 5.11 Å². The lowest BCUT2D eigenvalue weighted by molar-refractivity contribution is 0.208. The minimum Gasteiger partial charge on any atom is -0.389 e. The van der Waals surface area contributed by atoms with Gasteiger partial charge in [0, 0.05) is 0 Å². The normalized spacial score (nSPS) is 13.0. The molecule has 0 fully saturated rings. The summed E-state index contributed by atoms with van der Waals surface area (Å²) in [5.74, 6) is 0. The molecule has 0 aliphatic heterocycles. The van der Waals surface area contributed by atoms with Gasteiger partial charge in [0.05, 0.1) is 6.10 Å².